The molecule has 2 saturated heterocycles. The number of aliphatic hydroxyl groups is 1. The maximum Gasteiger partial charge on any atom is 0.274 e. The maximum absolute atomic E-state index is 13.6. The Bertz CT molecular complexity index is 1400. The molecular formula is C32H39N5O3. The predicted molar refractivity (Wildman–Crippen MR) is 154 cm³/mol. The average molecular weight is 542 g/mol. The van der Waals surface area contributed by atoms with Crippen LogP contribution in [0.2, 0.25) is 0 Å². The van der Waals surface area contributed by atoms with E-state index < -0.39 is 5.60 Å². The molecule has 2 amide bonds. The fraction of sp³-hybridized carbons (Fsp3) is 0.469. The minimum absolute atomic E-state index is 0.0581. The van der Waals surface area contributed by atoms with Crippen LogP contribution in [0.5, 0.6) is 0 Å². The smallest absolute Gasteiger partial charge is 0.274 e. The van der Waals surface area contributed by atoms with E-state index >= 15 is 0 Å². The first-order chi connectivity index (χ1) is 19.3. The summed E-state index contributed by atoms with van der Waals surface area (Å²) in [7, 11) is 0. The van der Waals surface area contributed by atoms with Crippen molar-refractivity contribution in [2.24, 2.45) is 0 Å². The maximum atomic E-state index is 13.6. The van der Waals surface area contributed by atoms with E-state index in [1.165, 1.54) is 16.8 Å². The molecule has 8 heteroatoms. The van der Waals surface area contributed by atoms with Crippen molar-refractivity contribution in [1.29, 1.82) is 0 Å². The van der Waals surface area contributed by atoms with Gasteiger partial charge in [0.1, 0.15) is 6.54 Å². The molecule has 0 bridgehead atoms. The van der Waals surface area contributed by atoms with Gasteiger partial charge >= 0.3 is 0 Å². The molecule has 0 unspecified atom stereocenters. The molecule has 1 N–H and O–H groups in total. The summed E-state index contributed by atoms with van der Waals surface area (Å²) >= 11 is 0. The normalized spacial score (nSPS) is 18.6. The zero-order chi connectivity index (χ0) is 27.9. The number of benzene rings is 2. The number of aromatic nitrogens is 2. The van der Waals surface area contributed by atoms with Crippen molar-refractivity contribution in [1.82, 2.24) is 19.6 Å². The van der Waals surface area contributed by atoms with Gasteiger partial charge in [-0.3, -0.25) is 14.3 Å². The van der Waals surface area contributed by atoms with Crippen molar-refractivity contribution in [2.75, 3.05) is 44.2 Å². The number of rotatable bonds is 5. The molecule has 0 spiro atoms. The number of amides is 2. The Morgan fingerprint density at radius 2 is 1.60 bits per heavy atom. The number of aryl methyl sites for hydroxylation is 1. The van der Waals surface area contributed by atoms with Crippen molar-refractivity contribution >= 4 is 17.5 Å². The van der Waals surface area contributed by atoms with Gasteiger partial charge < -0.3 is 19.8 Å². The predicted octanol–water partition coefficient (Wildman–Crippen LogP) is 3.46. The molecule has 2 aliphatic heterocycles. The summed E-state index contributed by atoms with van der Waals surface area (Å²) in [4.78, 5) is 33.1. The van der Waals surface area contributed by atoms with Crippen LogP contribution in [0, 0.1) is 13.8 Å². The third-order valence-electron chi connectivity index (χ3n) is 9.23. The second kappa shape index (κ2) is 10.7. The molecular weight excluding hydrogens is 502 g/mol. The lowest BCUT2D eigenvalue weighted by Crippen LogP contribution is -2.50. The topological polar surface area (TPSA) is 81.9 Å². The molecule has 0 radical (unpaired) electrons. The zero-order valence-corrected chi connectivity index (χ0v) is 23.6. The third kappa shape index (κ3) is 4.89. The number of piperazine rings is 1. The van der Waals surface area contributed by atoms with Gasteiger partial charge in [0.2, 0.25) is 5.91 Å². The second-order valence-electron chi connectivity index (χ2n) is 11.6. The van der Waals surface area contributed by atoms with Crippen LogP contribution in [0.25, 0.3) is 0 Å². The van der Waals surface area contributed by atoms with Gasteiger partial charge in [0, 0.05) is 56.2 Å². The number of likely N-dealkylation sites (tertiary alicyclic amines) is 1. The van der Waals surface area contributed by atoms with E-state index in [-0.39, 0.29) is 18.4 Å². The number of hydrogen-bond donors (Lipinski definition) is 1. The van der Waals surface area contributed by atoms with E-state index in [0.717, 1.165) is 49.2 Å². The van der Waals surface area contributed by atoms with E-state index in [2.05, 4.69) is 36.9 Å². The van der Waals surface area contributed by atoms with Gasteiger partial charge in [-0.05, 0) is 68.7 Å². The third-order valence-corrected chi connectivity index (χ3v) is 9.23. The van der Waals surface area contributed by atoms with Gasteiger partial charge in [-0.25, -0.2) is 0 Å². The highest BCUT2D eigenvalue weighted by Crippen LogP contribution is 2.34. The van der Waals surface area contributed by atoms with Gasteiger partial charge in [0.05, 0.1) is 5.60 Å². The van der Waals surface area contributed by atoms with Crippen molar-refractivity contribution in [3.8, 4) is 0 Å². The largest absolute Gasteiger partial charge is 0.385 e. The number of carbonyl (C=O) groups is 2. The van der Waals surface area contributed by atoms with E-state index in [4.69, 9.17) is 5.10 Å². The van der Waals surface area contributed by atoms with E-state index in [1.807, 2.05) is 40.1 Å². The zero-order valence-electron chi connectivity index (χ0n) is 23.6. The van der Waals surface area contributed by atoms with Crippen LogP contribution >= 0.6 is 0 Å². The summed E-state index contributed by atoms with van der Waals surface area (Å²) in [5.74, 6) is -0.0238. The van der Waals surface area contributed by atoms with Crippen LogP contribution < -0.4 is 4.90 Å². The molecule has 6 rings (SSSR count). The van der Waals surface area contributed by atoms with Gasteiger partial charge in [-0.1, -0.05) is 42.5 Å². The Labute approximate surface area is 236 Å². The van der Waals surface area contributed by atoms with Crippen LogP contribution in [-0.2, 0) is 29.8 Å². The number of carbonyl (C=O) groups excluding carboxylic acids is 2. The molecule has 3 aromatic rings. The lowest BCUT2D eigenvalue weighted by atomic mass is 9.84. The highest BCUT2D eigenvalue weighted by molar-refractivity contribution is 5.94. The molecule has 2 aromatic carbocycles. The molecule has 3 heterocycles. The van der Waals surface area contributed by atoms with Crippen LogP contribution in [-0.4, -0.2) is 75.8 Å². The summed E-state index contributed by atoms with van der Waals surface area (Å²) in [5, 5.41) is 15.9. The number of fused-ring (bicyclic) bond motifs is 1. The monoisotopic (exact) mass is 541 g/mol. The molecule has 40 heavy (non-hydrogen) atoms. The van der Waals surface area contributed by atoms with E-state index in [9.17, 15) is 14.7 Å². The second-order valence-corrected chi connectivity index (χ2v) is 11.6. The summed E-state index contributed by atoms with van der Waals surface area (Å²) in [5.41, 5.74) is 6.35. The molecule has 0 atom stereocenters. The number of hydrogen-bond acceptors (Lipinski definition) is 5. The summed E-state index contributed by atoms with van der Waals surface area (Å²) < 4.78 is 1.79. The fourth-order valence-electron chi connectivity index (χ4n) is 6.58. The first-order valence-corrected chi connectivity index (χ1v) is 14.6. The summed E-state index contributed by atoms with van der Waals surface area (Å²) in [6, 6.07) is 16.1. The number of nitrogens with zero attached hydrogens (tertiary/aromatic N) is 5. The van der Waals surface area contributed by atoms with Crippen molar-refractivity contribution in [2.45, 2.75) is 58.1 Å². The minimum atomic E-state index is -0.909. The SMILES string of the molecule is Cc1cccc(N2CCN(C(=O)Cn3nc(C(=O)N4CCC(O)(c5ccccc5)CC4)c4c3CCC4)CC2)c1C. The van der Waals surface area contributed by atoms with Gasteiger partial charge in [-0.2, -0.15) is 5.10 Å². The molecule has 3 aliphatic rings. The van der Waals surface area contributed by atoms with Gasteiger partial charge in [0.15, 0.2) is 5.69 Å². The van der Waals surface area contributed by atoms with E-state index in [1.54, 1.807) is 4.68 Å². The Hall–Kier alpha value is -3.65. The first-order valence-electron chi connectivity index (χ1n) is 14.6. The van der Waals surface area contributed by atoms with Crippen LogP contribution in [0.3, 0.4) is 0 Å². The molecule has 1 aromatic heterocycles. The van der Waals surface area contributed by atoms with Gasteiger partial charge in [0.25, 0.3) is 5.91 Å². The molecule has 1 aliphatic carbocycles. The standard InChI is InChI=1S/C32H39N5O3/c1-23-8-6-12-27(24(23)2)34-18-20-35(21-19-34)29(38)22-37-28-13-7-11-26(28)30(33-37)31(39)36-16-14-32(40,15-17-36)25-9-4-3-5-10-25/h3-6,8-10,12,40H,7,11,13-22H2,1-2H3. The average Bonchev–Trinajstić information content (AvgIpc) is 3.59. The van der Waals surface area contributed by atoms with Crippen LogP contribution in [0.15, 0.2) is 48.5 Å². The van der Waals surface area contributed by atoms with Crippen LogP contribution in [0.1, 0.15) is 57.7 Å². The quantitative estimate of drug-likeness (QED) is 0.535. The van der Waals surface area contributed by atoms with Crippen LogP contribution in [0.4, 0.5) is 5.69 Å². The Morgan fingerprint density at radius 3 is 2.33 bits per heavy atom. The summed E-state index contributed by atoms with van der Waals surface area (Å²) in [6.45, 7) is 8.40. The molecule has 8 nitrogen and oxygen atoms in total. The van der Waals surface area contributed by atoms with Crippen molar-refractivity contribution < 1.29 is 14.7 Å². The molecule has 0 saturated carbocycles. The molecule has 2 fully saturated rings. The Kier molecular flexibility index (Phi) is 7.13. The highest BCUT2D eigenvalue weighted by atomic mass is 16.3. The lowest BCUT2D eigenvalue weighted by molar-refractivity contribution is -0.132. The van der Waals surface area contributed by atoms with Gasteiger partial charge in [-0.15, -0.1) is 0 Å². The number of anilines is 1. The molecule has 210 valence electrons. The van der Waals surface area contributed by atoms with Crippen molar-refractivity contribution in [3.05, 3.63) is 82.2 Å². The number of piperidine rings is 1. The van der Waals surface area contributed by atoms with Crippen molar-refractivity contribution in [3.63, 3.8) is 0 Å². The fourth-order valence-corrected chi connectivity index (χ4v) is 6.58. The van der Waals surface area contributed by atoms with E-state index in [0.29, 0.717) is 44.7 Å². The highest BCUT2D eigenvalue weighted by Gasteiger charge is 2.37. The lowest BCUT2D eigenvalue weighted by Gasteiger charge is -2.38. The Balaban J connectivity index is 1.10. The summed E-state index contributed by atoms with van der Waals surface area (Å²) in [6.07, 6.45) is 3.64. The first kappa shape index (κ1) is 26.6. The Morgan fingerprint density at radius 1 is 0.875 bits per heavy atom. The minimum Gasteiger partial charge on any atom is -0.385 e.